The number of aryl methyl sites for hydroxylation is 1. The van der Waals surface area contributed by atoms with Crippen molar-refractivity contribution in [2.24, 2.45) is 0 Å². The van der Waals surface area contributed by atoms with Crippen LogP contribution >= 0.6 is 0 Å². The summed E-state index contributed by atoms with van der Waals surface area (Å²) >= 11 is 0. The van der Waals surface area contributed by atoms with E-state index in [1.54, 1.807) is 26.8 Å². The zero-order valence-corrected chi connectivity index (χ0v) is 9.42. The van der Waals surface area contributed by atoms with Crippen LogP contribution in [0.5, 0.6) is 5.75 Å². The molecule has 1 aromatic carbocycles. The third-order valence-electron chi connectivity index (χ3n) is 2.98. The molecule has 0 aliphatic heterocycles. The summed E-state index contributed by atoms with van der Waals surface area (Å²) in [5.41, 5.74) is 2.09. The summed E-state index contributed by atoms with van der Waals surface area (Å²) in [6, 6.07) is 3.14. The Kier molecular flexibility index (Phi) is 2.19. The second-order valence-corrected chi connectivity index (χ2v) is 4.11. The number of rotatable bonds is 0. The first-order valence-corrected chi connectivity index (χ1v) is 5.04. The SMILES string of the molecule is CC1=C(C)C(=O)c2c(O)cc(C)cc2C1=O. The maximum absolute atomic E-state index is 12.0. The number of Topliss-reactive ketones (excluding diaryl/α,β-unsaturated/α-hetero) is 2. The highest BCUT2D eigenvalue weighted by molar-refractivity contribution is 6.27. The van der Waals surface area contributed by atoms with Gasteiger partial charge in [-0.05, 0) is 38.5 Å². The van der Waals surface area contributed by atoms with Crippen LogP contribution in [0.15, 0.2) is 23.3 Å². The Morgan fingerprint density at radius 2 is 1.50 bits per heavy atom. The van der Waals surface area contributed by atoms with Crippen LogP contribution in [-0.4, -0.2) is 16.7 Å². The Bertz CT molecular complexity index is 551. The zero-order valence-electron chi connectivity index (χ0n) is 9.42. The molecule has 3 nitrogen and oxygen atoms in total. The van der Waals surface area contributed by atoms with E-state index in [0.29, 0.717) is 16.7 Å². The molecular weight excluding hydrogens is 204 g/mol. The first-order chi connectivity index (χ1) is 7.43. The van der Waals surface area contributed by atoms with Gasteiger partial charge in [-0.2, -0.15) is 0 Å². The molecule has 0 unspecified atom stereocenters. The van der Waals surface area contributed by atoms with E-state index in [1.165, 1.54) is 6.07 Å². The Labute approximate surface area is 93.4 Å². The predicted octanol–water partition coefficient (Wildman–Crippen LogP) is 2.42. The van der Waals surface area contributed by atoms with Gasteiger partial charge in [-0.15, -0.1) is 0 Å². The summed E-state index contributed by atoms with van der Waals surface area (Å²) in [4.78, 5) is 23.9. The van der Waals surface area contributed by atoms with Crippen LogP contribution in [0, 0.1) is 6.92 Å². The number of phenols is 1. The van der Waals surface area contributed by atoms with Gasteiger partial charge in [0.1, 0.15) is 5.75 Å². The lowest BCUT2D eigenvalue weighted by Crippen LogP contribution is -2.19. The standard InChI is InChI=1S/C13H12O3/c1-6-4-9-11(10(14)5-6)13(16)8(3)7(2)12(9)15/h4-5,14H,1-3H3. The molecule has 82 valence electrons. The molecule has 0 heterocycles. The topological polar surface area (TPSA) is 54.4 Å². The van der Waals surface area contributed by atoms with E-state index in [1.807, 2.05) is 0 Å². The molecule has 1 aliphatic rings. The Hall–Kier alpha value is -1.90. The number of aromatic hydroxyl groups is 1. The van der Waals surface area contributed by atoms with Crippen LogP contribution in [-0.2, 0) is 0 Å². The zero-order chi connectivity index (χ0) is 12.0. The molecule has 0 radical (unpaired) electrons. The van der Waals surface area contributed by atoms with Crippen LogP contribution in [0.25, 0.3) is 0 Å². The van der Waals surface area contributed by atoms with E-state index >= 15 is 0 Å². The van der Waals surface area contributed by atoms with Crippen molar-refractivity contribution >= 4 is 11.6 Å². The molecule has 0 spiro atoms. The van der Waals surface area contributed by atoms with Gasteiger partial charge in [0.2, 0.25) is 0 Å². The van der Waals surface area contributed by atoms with Gasteiger partial charge in [-0.1, -0.05) is 0 Å². The average molecular weight is 216 g/mol. The third-order valence-corrected chi connectivity index (χ3v) is 2.98. The number of fused-ring (bicyclic) bond motifs is 1. The molecule has 0 fully saturated rings. The largest absolute Gasteiger partial charge is 0.507 e. The molecule has 1 N–H and O–H groups in total. The molecule has 2 rings (SSSR count). The second kappa shape index (κ2) is 3.30. The van der Waals surface area contributed by atoms with Crippen molar-refractivity contribution in [3.05, 3.63) is 40.0 Å². The maximum Gasteiger partial charge on any atom is 0.193 e. The fourth-order valence-corrected chi connectivity index (χ4v) is 1.92. The molecule has 0 amide bonds. The van der Waals surface area contributed by atoms with Crippen molar-refractivity contribution in [3.63, 3.8) is 0 Å². The van der Waals surface area contributed by atoms with Crippen molar-refractivity contribution in [1.82, 2.24) is 0 Å². The summed E-state index contributed by atoms with van der Waals surface area (Å²) in [6.07, 6.45) is 0. The van der Waals surface area contributed by atoms with Crippen LogP contribution in [0.4, 0.5) is 0 Å². The monoisotopic (exact) mass is 216 g/mol. The third kappa shape index (κ3) is 1.28. The minimum absolute atomic E-state index is 0.111. The van der Waals surface area contributed by atoms with Gasteiger partial charge < -0.3 is 5.11 Å². The van der Waals surface area contributed by atoms with Gasteiger partial charge in [-0.3, -0.25) is 9.59 Å². The van der Waals surface area contributed by atoms with Crippen LogP contribution in [0.3, 0.4) is 0 Å². The van der Waals surface area contributed by atoms with Crippen LogP contribution in [0.2, 0.25) is 0 Å². The highest BCUT2D eigenvalue weighted by Crippen LogP contribution is 2.32. The number of hydrogen-bond acceptors (Lipinski definition) is 3. The van der Waals surface area contributed by atoms with Gasteiger partial charge in [0.25, 0.3) is 0 Å². The summed E-state index contributed by atoms with van der Waals surface area (Å²) in [7, 11) is 0. The van der Waals surface area contributed by atoms with Gasteiger partial charge >= 0.3 is 0 Å². The molecule has 1 aliphatic carbocycles. The Morgan fingerprint density at radius 3 is 2.12 bits per heavy atom. The number of allylic oxidation sites excluding steroid dienone is 2. The maximum atomic E-state index is 12.0. The first-order valence-electron chi connectivity index (χ1n) is 5.04. The van der Waals surface area contributed by atoms with E-state index in [4.69, 9.17) is 0 Å². The lowest BCUT2D eigenvalue weighted by molar-refractivity contribution is 0.0972. The van der Waals surface area contributed by atoms with Gasteiger partial charge in [0.15, 0.2) is 11.6 Å². The normalized spacial score (nSPS) is 15.4. The van der Waals surface area contributed by atoms with Crippen molar-refractivity contribution in [1.29, 1.82) is 0 Å². The molecule has 0 saturated heterocycles. The number of carbonyl (C=O) groups excluding carboxylic acids is 2. The Balaban J connectivity index is 2.81. The van der Waals surface area contributed by atoms with E-state index < -0.39 is 0 Å². The van der Waals surface area contributed by atoms with Gasteiger partial charge in [-0.25, -0.2) is 0 Å². The quantitative estimate of drug-likeness (QED) is 0.724. The van der Waals surface area contributed by atoms with Crippen molar-refractivity contribution in [2.75, 3.05) is 0 Å². The summed E-state index contributed by atoms with van der Waals surface area (Å²) in [6.45, 7) is 5.02. The Morgan fingerprint density at radius 1 is 0.938 bits per heavy atom. The van der Waals surface area contributed by atoms with Crippen LogP contribution < -0.4 is 0 Å². The fourth-order valence-electron chi connectivity index (χ4n) is 1.92. The molecule has 0 aromatic heterocycles. The average Bonchev–Trinajstić information content (AvgIpc) is 2.22. The molecule has 16 heavy (non-hydrogen) atoms. The number of hydrogen-bond donors (Lipinski definition) is 1. The van der Waals surface area contributed by atoms with Crippen molar-refractivity contribution < 1.29 is 14.7 Å². The second-order valence-electron chi connectivity index (χ2n) is 4.11. The fraction of sp³-hybridized carbons (Fsp3) is 0.231. The molecule has 0 bridgehead atoms. The van der Waals surface area contributed by atoms with E-state index in [0.717, 1.165) is 5.56 Å². The van der Waals surface area contributed by atoms with E-state index in [9.17, 15) is 14.7 Å². The molecule has 0 saturated carbocycles. The number of benzene rings is 1. The number of phenolic OH excluding ortho intramolecular Hbond substituents is 1. The number of carbonyl (C=O) groups is 2. The predicted molar refractivity (Wildman–Crippen MR) is 59.9 cm³/mol. The lowest BCUT2D eigenvalue weighted by Gasteiger charge is -2.18. The minimum atomic E-state index is -0.260. The smallest absolute Gasteiger partial charge is 0.193 e. The number of ketones is 2. The highest BCUT2D eigenvalue weighted by Gasteiger charge is 2.30. The summed E-state index contributed by atoms with van der Waals surface area (Å²) in [5, 5.41) is 9.73. The molecule has 1 aromatic rings. The lowest BCUT2D eigenvalue weighted by atomic mass is 9.84. The van der Waals surface area contributed by atoms with Crippen LogP contribution in [0.1, 0.15) is 40.1 Å². The van der Waals surface area contributed by atoms with Crippen molar-refractivity contribution in [2.45, 2.75) is 20.8 Å². The molecule has 3 heteroatoms. The van der Waals surface area contributed by atoms with Gasteiger partial charge in [0.05, 0.1) is 5.56 Å². The molecule has 0 atom stereocenters. The van der Waals surface area contributed by atoms with Gasteiger partial charge in [0, 0.05) is 16.7 Å². The van der Waals surface area contributed by atoms with E-state index in [2.05, 4.69) is 0 Å². The first kappa shape index (κ1) is 10.6. The van der Waals surface area contributed by atoms with Crippen molar-refractivity contribution in [3.8, 4) is 5.75 Å². The van der Waals surface area contributed by atoms with E-state index in [-0.39, 0.29) is 22.9 Å². The minimum Gasteiger partial charge on any atom is -0.507 e. The highest BCUT2D eigenvalue weighted by atomic mass is 16.3. The molecular formula is C13H12O3. The summed E-state index contributed by atoms with van der Waals surface area (Å²) < 4.78 is 0. The summed E-state index contributed by atoms with van der Waals surface area (Å²) in [5.74, 6) is -0.545.